The second-order valence-electron chi connectivity index (χ2n) is 9.65. The molecular formula is C27H30N2O6. The van der Waals surface area contributed by atoms with Crippen LogP contribution in [0.15, 0.2) is 48.5 Å². The zero-order valence-electron chi connectivity index (χ0n) is 19.9. The number of amides is 2. The maximum absolute atomic E-state index is 13.5. The van der Waals surface area contributed by atoms with E-state index >= 15 is 0 Å². The lowest BCUT2D eigenvalue weighted by Gasteiger charge is -2.37. The molecule has 184 valence electrons. The number of hydrogen-bond acceptors (Lipinski definition) is 5. The highest BCUT2D eigenvalue weighted by Crippen LogP contribution is 2.54. The monoisotopic (exact) mass is 478 g/mol. The number of carboxylic acid groups (broad SMARTS) is 1. The number of ether oxygens (including phenoxy) is 2. The molecule has 2 aromatic rings. The van der Waals surface area contributed by atoms with Crippen LogP contribution in [0.5, 0.6) is 0 Å². The van der Waals surface area contributed by atoms with E-state index in [-0.39, 0.29) is 18.4 Å². The van der Waals surface area contributed by atoms with Crippen LogP contribution < -0.4 is 5.32 Å². The first-order valence-corrected chi connectivity index (χ1v) is 12.1. The zero-order valence-corrected chi connectivity index (χ0v) is 19.9. The van der Waals surface area contributed by atoms with E-state index in [1.54, 1.807) is 6.92 Å². The van der Waals surface area contributed by atoms with Crippen molar-refractivity contribution in [3.63, 3.8) is 0 Å². The number of carbonyl (C=O) groups excluding carboxylic acids is 2. The minimum absolute atomic E-state index is 0.0364. The maximum Gasteiger partial charge on any atom is 0.407 e. The highest BCUT2D eigenvalue weighted by atomic mass is 16.5. The van der Waals surface area contributed by atoms with Crippen LogP contribution in [0.3, 0.4) is 0 Å². The van der Waals surface area contributed by atoms with Gasteiger partial charge in [0.25, 0.3) is 0 Å². The molecule has 2 unspecified atom stereocenters. The molecule has 35 heavy (non-hydrogen) atoms. The van der Waals surface area contributed by atoms with Crippen molar-refractivity contribution in [2.75, 3.05) is 20.3 Å². The van der Waals surface area contributed by atoms with E-state index in [4.69, 9.17) is 9.47 Å². The fourth-order valence-corrected chi connectivity index (χ4v) is 5.82. The first-order chi connectivity index (χ1) is 16.9. The molecule has 0 spiro atoms. The van der Waals surface area contributed by atoms with Gasteiger partial charge in [-0.05, 0) is 54.4 Å². The van der Waals surface area contributed by atoms with Crippen molar-refractivity contribution in [3.8, 4) is 11.1 Å². The standard InChI is InChI=1S/C27H30N2O6/c1-16(34-2)23(24(30)29-13-7-8-17-14-27(17,29)25(31)32)28-26(33)35-15-22-20-11-5-3-9-18(20)19-10-4-6-12-21(19)22/h3-6,9-12,16-17,22-23H,7-8,13-15H2,1-2H3,(H,28,33)(H,31,32)/t16-,17?,23+,27?/m1/s1. The topological polar surface area (TPSA) is 105 Å². The molecule has 2 amide bonds. The average Bonchev–Trinajstić information content (AvgIpc) is 3.56. The highest BCUT2D eigenvalue weighted by molar-refractivity contribution is 5.94. The molecule has 8 heteroatoms. The number of hydrogen-bond donors (Lipinski definition) is 2. The summed E-state index contributed by atoms with van der Waals surface area (Å²) >= 11 is 0. The Bertz CT molecular complexity index is 1120. The Morgan fingerprint density at radius 3 is 2.34 bits per heavy atom. The number of nitrogens with zero attached hydrogens (tertiary/aromatic N) is 1. The van der Waals surface area contributed by atoms with Crippen molar-refractivity contribution in [1.29, 1.82) is 0 Å². The number of piperidine rings is 1. The molecule has 1 saturated heterocycles. The van der Waals surface area contributed by atoms with E-state index in [2.05, 4.69) is 17.4 Å². The lowest BCUT2D eigenvalue weighted by Crippen LogP contribution is -2.60. The van der Waals surface area contributed by atoms with E-state index < -0.39 is 35.7 Å². The summed E-state index contributed by atoms with van der Waals surface area (Å²) < 4.78 is 11.0. The van der Waals surface area contributed by atoms with Crippen LogP contribution in [0.2, 0.25) is 0 Å². The van der Waals surface area contributed by atoms with Crippen molar-refractivity contribution in [2.24, 2.45) is 5.92 Å². The summed E-state index contributed by atoms with van der Waals surface area (Å²) in [5, 5.41) is 12.5. The SMILES string of the molecule is CO[C@H](C)[C@H](NC(=O)OCC1c2ccccc2-c2ccccc21)C(=O)N1CCCC2CC21C(=O)O. The van der Waals surface area contributed by atoms with Gasteiger partial charge in [-0.2, -0.15) is 0 Å². The van der Waals surface area contributed by atoms with E-state index in [0.717, 1.165) is 35.1 Å². The second-order valence-corrected chi connectivity index (χ2v) is 9.65. The summed E-state index contributed by atoms with van der Waals surface area (Å²) in [4.78, 5) is 39.8. The number of carbonyl (C=O) groups is 3. The highest BCUT2D eigenvalue weighted by Gasteiger charge is 2.67. The molecule has 2 fully saturated rings. The van der Waals surface area contributed by atoms with Gasteiger partial charge < -0.3 is 24.8 Å². The molecule has 2 aromatic carbocycles. The first kappa shape index (κ1) is 23.4. The summed E-state index contributed by atoms with van der Waals surface area (Å²) in [6.45, 7) is 2.14. The molecule has 1 heterocycles. The Labute approximate surface area is 204 Å². The molecule has 2 aliphatic carbocycles. The zero-order chi connectivity index (χ0) is 24.7. The predicted molar refractivity (Wildman–Crippen MR) is 128 cm³/mol. The van der Waals surface area contributed by atoms with Gasteiger partial charge in [0.15, 0.2) is 0 Å². The van der Waals surface area contributed by atoms with Gasteiger partial charge in [-0.25, -0.2) is 9.59 Å². The quantitative estimate of drug-likeness (QED) is 0.632. The molecule has 4 atom stereocenters. The number of methoxy groups -OCH3 is 1. The van der Waals surface area contributed by atoms with Crippen LogP contribution >= 0.6 is 0 Å². The van der Waals surface area contributed by atoms with Gasteiger partial charge in [-0.15, -0.1) is 0 Å². The molecular weight excluding hydrogens is 448 g/mol. The van der Waals surface area contributed by atoms with Crippen LogP contribution in [-0.2, 0) is 19.1 Å². The summed E-state index contributed by atoms with van der Waals surface area (Å²) in [6.07, 6.45) is 0.591. The molecule has 2 N–H and O–H groups in total. The normalized spacial score (nSPS) is 23.9. The molecule has 8 nitrogen and oxygen atoms in total. The smallest absolute Gasteiger partial charge is 0.407 e. The fourth-order valence-electron chi connectivity index (χ4n) is 5.82. The van der Waals surface area contributed by atoms with Crippen molar-refractivity contribution in [1.82, 2.24) is 10.2 Å². The minimum atomic E-state index is -1.16. The van der Waals surface area contributed by atoms with Crippen LogP contribution in [0.1, 0.15) is 43.2 Å². The van der Waals surface area contributed by atoms with E-state index in [9.17, 15) is 19.5 Å². The number of nitrogens with one attached hydrogen (secondary N) is 1. The Morgan fingerprint density at radius 2 is 1.74 bits per heavy atom. The largest absolute Gasteiger partial charge is 0.479 e. The fraction of sp³-hybridized carbons (Fsp3) is 0.444. The summed E-state index contributed by atoms with van der Waals surface area (Å²) in [5.41, 5.74) is 3.28. The predicted octanol–water partition coefficient (Wildman–Crippen LogP) is 3.39. The van der Waals surface area contributed by atoms with Gasteiger partial charge in [0.2, 0.25) is 5.91 Å². The van der Waals surface area contributed by atoms with Gasteiger partial charge in [0, 0.05) is 19.6 Å². The molecule has 5 rings (SSSR count). The Balaban J connectivity index is 1.30. The van der Waals surface area contributed by atoms with Crippen LogP contribution in [0.4, 0.5) is 4.79 Å². The third kappa shape index (κ3) is 3.86. The van der Waals surface area contributed by atoms with E-state index in [0.29, 0.717) is 13.0 Å². The van der Waals surface area contributed by atoms with Crippen molar-refractivity contribution in [2.45, 2.75) is 49.8 Å². The van der Waals surface area contributed by atoms with Crippen LogP contribution in [-0.4, -0.2) is 65.9 Å². The maximum atomic E-state index is 13.5. The first-order valence-electron chi connectivity index (χ1n) is 12.1. The molecule has 3 aliphatic rings. The molecule has 1 saturated carbocycles. The number of likely N-dealkylation sites (tertiary alicyclic amines) is 1. The van der Waals surface area contributed by atoms with Crippen LogP contribution in [0.25, 0.3) is 11.1 Å². The van der Waals surface area contributed by atoms with Gasteiger partial charge >= 0.3 is 12.1 Å². The summed E-state index contributed by atoms with van der Waals surface area (Å²) in [6, 6.07) is 15.1. The van der Waals surface area contributed by atoms with Gasteiger partial charge in [0.1, 0.15) is 18.2 Å². The van der Waals surface area contributed by atoms with Crippen LogP contribution in [0, 0.1) is 5.92 Å². The second kappa shape index (κ2) is 9.00. The third-order valence-corrected chi connectivity index (χ3v) is 7.85. The van der Waals surface area contributed by atoms with E-state index in [1.165, 1.54) is 12.0 Å². The summed E-state index contributed by atoms with van der Waals surface area (Å²) in [5.74, 6) is -1.57. The third-order valence-electron chi connectivity index (χ3n) is 7.85. The number of alkyl carbamates (subject to hydrolysis) is 1. The van der Waals surface area contributed by atoms with Gasteiger partial charge in [-0.3, -0.25) is 4.79 Å². The average molecular weight is 479 g/mol. The lowest BCUT2D eigenvalue weighted by atomic mass is 9.98. The number of benzene rings is 2. The van der Waals surface area contributed by atoms with E-state index in [1.807, 2.05) is 36.4 Å². The number of fused-ring (bicyclic) bond motifs is 4. The Hall–Kier alpha value is -3.39. The Kier molecular flexibility index (Phi) is 6.01. The Morgan fingerprint density at radius 1 is 1.11 bits per heavy atom. The number of rotatable bonds is 7. The molecule has 0 aromatic heterocycles. The lowest BCUT2D eigenvalue weighted by molar-refractivity contribution is -0.156. The van der Waals surface area contributed by atoms with Gasteiger partial charge in [0.05, 0.1) is 6.10 Å². The molecule has 1 aliphatic heterocycles. The minimum Gasteiger partial charge on any atom is -0.479 e. The number of carboxylic acids is 1. The molecule has 0 bridgehead atoms. The number of aliphatic carboxylic acids is 1. The molecule has 0 radical (unpaired) electrons. The van der Waals surface area contributed by atoms with Crippen molar-refractivity contribution >= 4 is 18.0 Å². The van der Waals surface area contributed by atoms with Crippen molar-refractivity contribution < 1.29 is 29.0 Å². The van der Waals surface area contributed by atoms with Crippen molar-refractivity contribution in [3.05, 3.63) is 59.7 Å². The summed E-state index contributed by atoms with van der Waals surface area (Å²) in [7, 11) is 1.45. The van der Waals surface area contributed by atoms with Gasteiger partial charge in [-0.1, -0.05) is 48.5 Å².